The van der Waals surface area contributed by atoms with Crippen molar-refractivity contribution in [3.8, 4) is 0 Å². The number of carbonyl (C=O) groups excluding carboxylic acids is 1. The van der Waals surface area contributed by atoms with Crippen LogP contribution in [0.5, 0.6) is 0 Å². The molecule has 4 heteroatoms. The highest BCUT2D eigenvalue weighted by Crippen LogP contribution is 2.29. The fourth-order valence-corrected chi connectivity index (χ4v) is 4.50. The summed E-state index contributed by atoms with van der Waals surface area (Å²) in [6.07, 6.45) is 9.86. The number of aryl methyl sites for hydroxylation is 1. The first-order valence-corrected chi connectivity index (χ1v) is 10.9. The lowest BCUT2D eigenvalue weighted by atomic mass is 9.87. The van der Waals surface area contributed by atoms with E-state index in [1.807, 2.05) is 6.07 Å². The molecule has 0 bridgehead atoms. The van der Waals surface area contributed by atoms with E-state index in [2.05, 4.69) is 48.9 Å². The Morgan fingerprint density at radius 1 is 1.19 bits per heavy atom. The van der Waals surface area contributed by atoms with Gasteiger partial charge in [-0.05, 0) is 44.2 Å². The number of amides is 1. The molecule has 148 valence electrons. The average molecular weight is 370 g/mol. The van der Waals surface area contributed by atoms with Gasteiger partial charge in [0.15, 0.2) is 0 Å². The molecule has 0 saturated heterocycles. The molecule has 1 heterocycles. The Balaban J connectivity index is 1.79. The van der Waals surface area contributed by atoms with Crippen molar-refractivity contribution in [2.75, 3.05) is 0 Å². The number of rotatable bonds is 8. The maximum Gasteiger partial charge on any atom is 0.223 e. The number of hydrogen-bond donors (Lipinski definition) is 1. The van der Waals surface area contributed by atoms with Crippen molar-refractivity contribution in [1.82, 2.24) is 14.9 Å². The van der Waals surface area contributed by atoms with Crippen molar-refractivity contribution >= 4 is 16.9 Å². The normalized spacial score (nSPS) is 16.7. The average Bonchev–Trinajstić information content (AvgIpc) is 3.07. The summed E-state index contributed by atoms with van der Waals surface area (Å²) in [5.74, 6) is 2.07. The molecule has 1 amide bonds. The highest BCUT2D eigenvalue weighted by molar-refractivity contribution is 5.79. The van der Waals surface area contributed by atoms with Crippen molar-refractivity contribution in [1.29, 1.82) is 0 Å². The summed E-state index contributed by atoms with van der Waals surface area (Å²) in [6, 6.07) is 8.28. The minimum absolute atomic E-state index is 0.0724. The van der Waals surface area contributed by atoms with Gasteiger partial charge in [0.2, 0.25) is 5.91 Å². The van der Waals surface area contributed by atoms with Crippen LogP contribution in [0.25, 0.3) is 11.0 Å². The zero-order chi connectivity index (χ0) is 19.2. The highest BCUT2D eigenvalue weighted by atomic mass is 16.1. The molecule has 0 radical (unpaired) electrons. The molecule has 0 spiro atoms. The first kappa shape index (κ1) is 19.9. The number of benzene rings is 1. The van der Waals surface area contributed by atoms with Crippen LogP contribution in [0.4, 0.5) is 0 Å². The summed E-state index contributed by atoms with van der Waals surface area (Å²) >= 11 is 0. The number of hydrogen-bond acceptors (Lipinski definition) is 2. The van der Waals surface area contributed by atoms with E-state index in [0.717, 1.165) is 36.6 Å². The summed E-state index contributed by atoms with van der Waals surface area (Å²) in [5.41, 5.74) is 2.21. The van der Waals surface area contributed by atoms with Crippen LogP contribution in [0.15, 0.2) is 24.3 Å². The third-order valence-corrected chi connectivity index (χ3v) is 6.27. The smallest absolute Gasteiger partial charge is 0.223 e. The third kappa shape index (κ3) is 4.72. The molecule has 2 aromatic rings. The number of aromatic nitrogens is 2. The second-order valence-electron chi connectivity index (χ2n) is 8.15. The number of nitrogens with zero attached hydrogens (tertiary/aromatic N) is 2. The molecule has 1 aromatic carbocycles. The number of fused-ring (bicyclic) bond motifs is 1. The minimum atomic E-state index is -0.0724. The van der Waals surface area contributed by atoms with Gasteiger partial charge in [-0.25, -0.2) is 4.98 Å². The molecule has 0 aliphatic heterocycles. The summed E-state index contributed by atoms with van der Waals surface area (Å²) < 4.78 is 2.35. The number of carbonyl (C=O) groups is 1. The summed E-state index contributed by atoms with van der Waals surface area (Å²) in [4.78, 5) is 17.5. The van der Waals surface area contributed by atoms with Crippen molar-refractivity contribution in [3.63, 3.8) is 0 Å². The lowest BCUT2D eigenvalue weighted by Gasteiger charge is -2.23. The van der Waals surface area contributed by atoms with Crippen LogP contribution in [0.2, 0.25) is 0 Å². The maximum absolute atomic E-state index is 12.6. The number of nitrogens with one attached hydrogen (secondary N) is 1. The third-order valence-electron chi connectivity index (χ3n) is 6.27. The molecule has 4 nitrogen and oxygen atoms in total. The quantitative estimate of drug-likeness (QED) is 0.656. The lowest BCUT2D eigenvalue weighted by molar-refractivity contribution is -0.125. The lowest BCUT2D eigenvalue weighted by Crippen LogP contribution is -2.33. The molecule has 1 aliphatic carbocycles. The van der Waals surface area contributed by atoms with Gasteiger partial charge in [-0.1, -0.05) is 58.1 Å². The van der Waals surface area contributed by atoms with Gasteiger partial charge in [0.05, 0.1) is 17.1 Å². The Kier molecular flexibility index (Phi) is 6.92. The van der Waals surface area contributed by atoms with Crippen molar-refractivity contribution in [3.05, 3.63) is 30.1 Å². The van der Waals surface area contributed by atoms with Gasteiger partial charge in [0.1, 0.15) is 5.82 Å². The Hall–Kier alpha value is -1.84. The van der Waals surface area contributed by atoms with E-state index in [1.165, 1.54) is 44.0 Å². The van der Waals surface area contributed by atoms with E-state index in [9.17, 15) is 4.79 Å². The molecule has 1 atom stereocenters. The van der Waals surface area contributed by atoms with Gasteiger partial charge >= 0.3 is 0 Å². The Morgan fingerprint density at radius 3 is 2.59 bits per heavy atom. The number of imidazole rings is 1. The molecule has 1 aromatic heterocycles. The van der Waals surface area contributed by atoms with E-state index in [4.69, 9.17) is 4.98 Å². The van der Waals surface area contributed by atoms with Gasteiger partial charge in [0.25, 0.3) is 0 Å². The van der Waals surface area contributed by atoms with Gasteiger partial charge in [-0.2, -0.15) is 0 Å². The Morgan fingerprint density at radius 2 is 1.89 bits per heavy atom. The van der Waals surface area contributed by atoms with Crippen LogP contribution >= 0.6 is 0 Å². The summed E-state index contributed by atoms with van der Waals surface area (Å²) in [5, 5.41) is 3.22. The van der Waals surface area contributed by atoms with E-state index in [0.29, 0.717) is 0 Å². The predicted octanol–water partition coefficient (Wildman–Crippen LogP) is 5.62. The van der Waals surface area contributed by atoms with Crippen molar-refractivity contribution in [2.45, 2.75) is 84.7 Å². The fraction of sp³-hybridized carbons (Fsp3) is 0.652. The second-order valence-corrected chi connectivity index (χ2v) is 8.15. The topological polar surface area (TPSA) is 46.9 Å². The first-order chi connectivity index (χ1) is 13.1. The second kappa shape index (κ2) is 9.38. The van der Waals surface area contributed by atoms with E-state index < -0.39 is 0 Å². The van der Waals surface area contributed by atoms with Gasteiger partial charge in [-0.3, -0.25) is 4.79 Å². The predicted molar refractivity (Wildman–Crippen MR) is 112 cm³/mol. The van der Waals surface area contributed by atoms with Crippen LogP contribution in [0.1, 0.15) is 84.0 Å². The van der Waals surface area contributed by atoms with Crippen LogP contribution in [-0.4, -0.2) is 15.5 Å². The zero-order valence-corrected chi connectivity index (χ0v) is 17.2. The Bertz CT molecular complexity index is 741. The Labute approximate surface area is 163 Å². The monoisotopic (exact) mass is 369 g/mol. The van der Waals surface area contributed by atoms with E-state index >= 15 is 0 Å². The van der Waals surface area contributed by atoms with Gasteiger partial charge in [-0.15, -0.1) is 0 Å². The molecule has 27 heavy (non-hydrogen) atoms. The van der Waals surface area contributed by atoms with Crippen molar-refractivity contribution in [2.24, 2.45) is 11.8 Å². The molecular weight excluding hydrogens is 334 g/mol. The number of para-hydroxylation sites is 2. The van der Waals surface area contributed by atoms with E-state index in [-0.39, 0.29) is 17.9 Å². The van der Waals surface area contributed by atoms with Crippen LogP contribution in [0.3, 0.4) is 0 Å². The van der Waals surface area contributed by atoms with Crippen molar-refractivity contribution < 1.29 is 4.79 Å². The molecule has 1 N–H and O–H groups in total. The van der Waals surface area contributed by atoms with Crippen LogP contribution < -0.4 is 5.32 Å². The van der Waals surface area contributed by atoms with E-state index in [1.54, 1.807) is 0 Å². The van der Waals surface area contributed by atoms with Gasteiger partial charge in [0, 0.05) is 12.5 Å². The summed E-state index contributed by atoms with van der Waals surface area (Å²) in [7, 11) is 0. The molecular formula is C23H35N3O. The highest BCUT2D eigenvalue weighted by Gasteiger charge is 2.22. The molecule has 1 saturated carbocycles. The van der Waals surface area contributed by atoms with Gasteiger partial charge < -0.3 is 9.88 Å². The zero-order valence-electron chi connectivity index (χ0n) is 17.2. The molecule has 3 rings (SSSR count). The molecule has 1 aliphatic rings. The fourth-order valence-electron chi connectivity index (χ4n) is 4.50. The summed E-state index contributed by atoms with van der Waals surface area (Å²) in [6.45, 7) is 7.22. The first-order valence-electron chi connectivity index (χ1n) is 10.9. The standard InChI is InChI=1S/C23H35N3O/c1-4-19(5-2)23(27)24-17(3)22-25-20-13-9-10-14-21(20)26(22)16-15-18-11-7-6-8-12-18/h9-10,13-14,17-19H,4-8,11-12,15-16H2,1-3H3,(H,24,27). The van der Waals surface area contributed by atoms with Crippen LogP contribution in [-0.2, 0) is 11.3 Å². The van der Waals surface area contributed by atoms with Crippen LogP contribution in [0, 0.1) is 11.8 Å². The minimum Gasteiger partial charge on any atom is -0.346 e. The molecule has 1 unspecified atom stereocenters. The molecule has 1 fully saturated rings. The largest absolute Gasteiger partial charge is 0.346 e. The SMILES string of the molecule is CCC(CC)C(=O)NC(C)c1nc2ccccc2n1CCC1CCCCC1. The maximum atomic E-state index is 12.6.